The van der Waals surface area contributed by atoms with Crippen LogP contribution in [0.25, 0.3) is 0 Å². The van der Waals surface area contributed by atoms with Crippen molar-refractivity contribution >= 4 is 0 Å². The Morgan fingerprint density at radius 3 is 2.07 bits per heavy atom. The molecule has 0 saturated carbocycles. The third-order valence-corrected chi connectivity index (χ3v) is 2.79. The Morgan fingerprint density at radius 1 is 1.13 bits per heavy atom. The van der Waals surface area contributed by atoms with Gasteiger partial charge in [-0.1, -0.05) is 32.9 Å². The molecule has 0 aliphatic carbocycles. The van der Waals surface area contributed by atoms with Crippen LogP contribution in [0, 0.1) is 0 Å². The van der Waals surface area contributed by atoms with Crippen LogP contribution in [0.5, 0.6) is 5.75 Å². The van der Waals surface area contributed by atoms with Gasteiger partial charge in [-0.15, -0.1) is 0 Å². The fourth-order valence-electron chi connectivity index (χ4n) is 1.31. The fourth-order valence-corrected chi connectivity index (χ4v) is 1.31. The molecule has 1 aromatic rings. The van der Waals surface area contributed by atoms with Crippen molar-refractivity contribution in [1.82, 2.24) is 0 Å². The Hall–Kier alpha value is -0.980. The molecule has 0 saturated heterocycles. The molecular formula is C14H22O. The zero-order valence-electron chi connectivity index (χ0n) is 10.5. The van der Waals surface area contributed by atoms with Crippen molar-refractivity contribution in [3.8, 4) is 5.75 Å². The molecule has 0 fully saturated rings. The average Bonchev–Trinajstić information content (AvgIpc) is 2.18. The van der Waals surface area contributed by atoms with E-state index in [1.807, 2.05) is 0 Å². The van der Waals surface area contributed by atoms with Crippen LogP contribution in [-0.2, 0) is 0 Å². The summed E-state index contributed by atoms with van der Waals surface area (Å²) >= 11 is 0. The van der Waals surface area contributed by atoms with Crippen LogP contribution in [0.15, 0.2) is 24.3 Å². The summed E-state index contributed by atoms with van der Waals surface area (Å²) in [5.41, 5.74) is 1.29. The number of hydrogen-bond acceptors (Lipinski definition) is 1. The smallest absolute Gasteiger partial charge is 0.120 e. The Kier molecular flexibility index (Phi) is 3.78. The van der Waals surface area contributed by atoms with Crippen LogP contribution in [0.1, 0.15) is 52.5 Å². The molecule has 1 heteroatoms. The lowest BCUT2D eigenvalue weighted by molar-refractivity contribution is 0.105. The molecule has 1 nitrogen and oxygen atoms in total. The van der Waals surface area contributed by atoms with Gasteiger partial charge in [0, 0.05) is 0 Å². The molecule has 0 aromatic heterocycles. The third-order valence-electron chi connectivity index (χ3n) is 2.79. The van der Waals surface area contributed by atoms with Crippen molar-refractivity contribution in [3.63, 3.8) is 0 Å². The third kappa shape index (κ3) is 3.58. The van der Waals surface area contributed by atoms with Gasteiger partial charge in [-0.25, -0.2) is 0 Å². The van der Waals surface area contributed by atoms with Gasteiger partial charge < -0.3 is 4.74 Å². The summed E-state index contributed by atoms with van der Waals surface area (Å²) in [5.74, 6) is 1.55. The first-order chi connectivity index (χ1) is 6.94. The molecule has 1 aromatic carbocycles. The molecule has 0 N–H and O–H groups in total. The van der Waals surface area contributed by atoms with E-state index >= 15 is 0 Å². The Bertz CT molecular complexity index is 296. The minimum Gasteiger partial charge on any atom is -0.488 e. The second-order valence-electron chi connectivity index (χ2n) is 4.94. The molecule has 0 radical (unpaired) electrons. The van der Waals surface area contributed by atoms with Gasteiger partial charge in [-0.3, -0.25) is 0 Å². The molecule has 0 aliphatic rings. The molecule has 0 bridgehead atoms. The van der Waals surface area contributed by atoms with Gasteiger partial charge in [0.15, 0.2) is 0 Å². The highest BCUT2D eigenvalue weighted by atomic mass is 16.5. The van der Waals surface area contributed by atoms with Crippen LogP contribution < -0.4 is 4.74 Å². The van der Waals surface area contributed by atoms with E-state index in [-0.39, 0.29) is 5.60 Å². The Morgan fingerprint density at radius 2 is 1.67 bits per heavy atom. The fraction of sp³-hybridized carbons (Fsp3) is 0.571. The first-order valence-electron chi connectivity index (χ1n) is 5.73. The Balaban J connectivity index is 2.73. The normalized spacial score (nSPS) is 11.9. The lowest BCUT2D eigenvalue weighted by atomic mass is 10.0. The second-order valence-corrected chi connectivity index (χ2v) is 4.94. The van der Waals surface area contributed by atoms with Crippen LogP contribution in [-0.4, -0.2) is 5.60 Å². The topological polar surface area (TPSA) is 9.23 Å². The summed E-state index contributed by atoms with van der Waals surface area (Å²) in [7, 11) is 0. The second kappa shape index (κ2) is 4.69. The summed E-state index contributed by atoms with van der Waals surface area (Å²) in [4.78, 5) is 0. The van der Waals surface area contributed by atoms with Crippen molar-refractivity contribution in [2.24, 2.45) is 0 Å². The van der Waals surface area contributed by atoms with Gasteiger partial charge in [0.2, 0.25) is 0 Å². The van der Waals surface area contributed by atoms with Gasteiger partial charge >= 0.3 is 0 Å². The van der Waals surface area contributed by atoms with Gasteiger partial charge in [0.1, 0.15) is 11.4 Å². The minimum atomic E-state index is -0.0701. The van der Waals surface area contributed by atoms with E-state index in [1.165, 1.54) is 5.56 Å². The lowest BCUT2D eigenvalue weighted by Gasteiger charge is -2.25. The summed E-state index contributed by atoms with van der Waals surface area (Å²) in [6.45, 7) is 10.8. The zero-order valence-corrected chi connectivity index (χ0v) is 10.5. The molecule has 0 heterocycles. The maximum atomic E-state index is 5.89. The number of ether oxygens (including phenoxy) is 1. The van der Waals surface area contributed by atoms with Crippen LogP contribution in [0.2, 0.25) is 0 Å². The van der Waals surface area contributed by atoms with E-state index in [2.05, 4.69) is 58.9 Å². The van der Waals surface area contributed by atoms with E-state index in [0.29, 0.717) is 5.92 Å². The van der Waals surface area contributed by atoms with Crippen molar-refractivity contribution in [2.45, 2.75) is 52.6 Å². The van der Waals surface area contributed by atoms with E-state index in [4.69, 9.17) is 4.74 Å². The lowest BCUT2D eigenvalue weighted by Crippen LogP contribution is -2.26. The zero-order chi connectivity index (χ0) is 11.5. The average molecular weight is 206 g/mol. The molecule has 0 unspecified atom stereocenters. The van der Waals surface area contributed by atoms with Crippen molar-refractivity contribution in [2.75, 3.05) is 0 Å². The van der Waals surface area contributed by atoms with Crippen molar-refractivity contribution in [1.29, 1.82) is 0 Å². The van der Waals surface area contributed by atoms with Crippen LogP contribution in [0.3, 0.4) is 0 Å². The largest absolute Gasteiger partial charge is 0.488 e. The van der Waals surface area contributed by atoms with E-state index in [9.17, 15) is 0 Å². The molecule has 1 rings (SSSR count). The molecule has 0 aliphatic heterocycles. The van der Waals surface area contributed by atoms with Gasteiger partial charge in [0.05, 0.1) is 0 Å². The maximum absolute atomic E-state index is 5.89. The highest BCUT2D eigenvalue weighted by molar-refractivity contribution is 5.29. The number of hydrogen-bond donors (Lipinski definition) is 0. The van der Waals surface area contributed by atoms with Crippen LogP contribution >= 0.6 is 0 Å². The molecule has 0 spiro atoms. The number of benzene rings is 1. The maximum Gasteiger partial charge on any atom is 0.120 e. The van der Waals surface area contributed by atoms with Crippen molar-refractivity contribution in [3.05, 3.63) is 29.8 Å². The monoisotopic (exact) mass is 206 g/mol. The quantitative estimate of drug-likeness (QED) is 0.710. The summed E-state index contributed by atoms with van der Waals surface area (Å²) in [6, 6.07) is 8.41. The Labute approximate surface area is 93.5 Å². The molecule has 84 valence electrons. The minimum absolute atomic E-state index is 0.0701. The number of rotatable bonds is 4. The summed E-state index contributed by atoms with van der Waals surface area (Å²) in [6.07, 6.45) is 1.01. The van der Waals surface area contributed by atoms with Crippen LogP contribution in [0.4, 0.5) is 0 Å². The molecule has 15 heavy (non-hydrogen) atoms. The van der Waals surface area contributed by atoms with Gasteiger partial charge in [0.25, 0.3) is 0 Å². The predicted molar refractivity (Wildman–Crippen MR) is 65.5 cm³/mol. The van der Waals surface area contributed by atoms with Gasteiger partial charge in [-0.2, -0.15) is 0 Å². The van der Waals surface area contributed by atoms with E-state index in [1.54, 1.807) is 0 Å². The molecule has 0 atom stereocenters. The van der Waals surface area contributed by atoms with E-state index in [0.717, 1.165) is 12.2 Å². The van der Waals surface area contributed by atoms with E-state index < -0.39 is 0 Å². The van der Waals surface area contributed by atoms with Crippen molar-refractivity contribution < 1.29 is 4.74 Å². The molecule has 0 amide bonds. The highest BCUT2D eigenvalue weighted by Gasteiger charge is 2.16. The highest BCUT2D eigenvalue weighted by Crippen LogP contribution is 2.23. The SMILES string of the molecule is CCC(C)(C)Oc1ccc(C(C)C)cc1. The molecular weight excluding hydrogens is 184 g/mol. The van der Waals surface area contributed by atoms with Gasteiger partial charge in [-0.05, 0) is 43.9 Å². The standard InChI is InChI=1S/C14H22O/c1-6-14(4,5)15-13-9-7-12(8-10-13)11(2)3/h7-11H,6H2,1-5H3. The first kappa shape index (κ1) is 12.1. The summed E-state index contributed by atoms with van der Waals surface area (Å²) in [5, 5.41) is 0. The predicted octanol–water partition coefficient (Wildman–Crippen LogP) is 4.38. The summed E-state index contributed by atoms with van der Waals surface area (Å²) < 4.78 is 5.89. The first-order valence-corrected chi connectivity index (χ1v) is 5.73.